The van der Waals surface area contributed by atoms with Crippen molar-refractivity contribution in [1.82, 2.24) is 9.46 Å². The van der Waals surface area contributed by atoms with E-state index >= 15 is 0 Å². The number of rotatable bonds is 3. The van der Waals surface area contributed by atoms with Crippen molar-refractivity contribution < 1.29 is 18.0 Å². The molecule has 0 amide bonds. The van der Waals surface area contributed by atoms with Gasteiger partial charge in [-0.05, 0) is 32.6 Å². The van der Waals surface area contributed by atoms with E-state index in [0.29, 0.717) is 11.5 Å². The summed E-state index contributed by atoms with van der Waals surface area (Å²) in [6, 6.07) is 0. The second-order valence-corrected chi connectivity index (χ2v) is 7.18. The van der Waals surface area contributed by atoms with Crippen molar-refractivity contribution in [3.63, 3.8) is 0 Å². The molecule has 18 heavy (non-hydrogen) atoms. The van der Waals surface area contributed by atoms with Crippen LogP contribution in [0.5, 0.6) is 0 Å². The Morgan fingerprint density at radius 3 is 2.44 bits per heavy atom. The Morgan fingerprint density at radius 1 is 1.39 bits per heavy atom. The minimum atomic E-state index is -3.58. The van der Waals surface area contributed by atoms with Gasteiger partial charge >= 0.3 is 0 Å². The van der Waals surface area contributed by atoms with E-state index in [2.05, 4.69) is 5.16 Å². The maximum atomic E-state index is 12.4. The Labute approximate surface area is 106 Å². The zero-order valence-electron chi connectivity index (χ0n) is 10.4. The summed E-state index contributed by atoms with van der Waals surface area (Å²) in [5, 5.41) is 13.8. The van der Waals surface area contributed by atoms with Crippen molar-refractivity contribution in [1.29, 1.82) is 0 Å². The molecular weight excluding hydrogens is 256 g/mol. The third-order valence-electron chi connectivity index (χ3n) is 3.80. The van der Waals surface area contributed by atoms with E-state index in [1.165, 1.54) is 4.31 Å². The summed E-state index contributed by atoms with van der Waals surface area (Å²) in [7, 11) is -3.58. The Kier molecular flexibility index (Phi) is 2.39. The predicted octanol–water partition coefficient (Wildman–Crippen LogP) is 0.437. The molecule has 0 radical (unpaired) electrons. The molecule has 1 aromatic rings. The van der Waals surface area contributed by atoms with Gasteiger partial charge in [0.1, 0.15) is 10.6 Å². The summed E-state index contributed by atoms with van der Waals surface area (Å²) in [4.78, 5) is 0.139. The fourth-order valence-corrected chi connectivity index (χ4v) is 4.44. The van der Waals surface area contributed by atoms with E-state index in [1.807, 2.05) is 0 Å². The van der Waals surface area contributed by atoms with Crippen LogP contribution < -0.4 is 0 Å². The van der Waals surface area contributed by atoms with Gasteiger partial charge in [0.25, 0.3) is 0 Å². The van der Waals surface area contributed by atoms with Crippen LogP contribution in [0.2, 0.25) is 0 Å². The van der Waals surface area contributed by atoms with Crippen LogP contribution in [0.25, 0.3) is 0 Å². The van der Waals surface area contributed by atoms with Crippen molar-refractivity contribution in [2.45, 2.75) is 37.2 Å². The fraction of sp³-hybridized carbons (Fsp3) is 0.727. The first kappa shape index (κ1) is 12.1. The molecule has 0 unspecified atom stereocenters. The van der Waals surface area contributed by atoms with Gasteiger partial charge < -0.3 is 9.63 Å². The van der Waals surface area contributed by atoms with Gasteiger partial charge in [0, 0.05) is 13.1 Å². The molecule has 2 aliphatic rings. The number of aromatic nitrogens is 1. The zero-order chi connectivity index (χ0) is 13.1. The second kappa shape index (κ2) is 3.55. The van der Waals surface area contributed by atoms with Gasteiger partial charge in [0.05, 0.1) is 5.60 Å². The van der Waals surface area contributed by atoms with Gasteiger partial charge in [-0.3, -0.25) is 0 Å². The minimum Gasteiger partial charge on any atom is -0.387 e. The van der Waals surface area contributed by atoms with Gasteiger partial charge in [-0.1, -0.05) is 5.16 Å². The number of aliphatic hydroxyl groups is 1. The number of β-amino-alcohol motifs (C(OH)–C–C–N with tert-alkyl or cyclic N) is 1. The number of sulfonamides is 1. The Hall–Kier alpha value is -0.920. The van der Waals surface area contributed by atoms with Crippen molar-refractivity contribution >= 4 is 10.0 Å². The number of nitrogens with zero attached hydrogens (tertiary/aromatic N) is 2. The first-order chi connectivity index (χ1) is 8.34. The third-order valence-corrected chi connectivity index (χ3v) is 5.84. The van der Waals surface area contributed by atoms with E-state index in [9.17, 15) is 13.5 Å². The largest absolute Gasteiger partial charge is 0.387 e. The molecule has 1 aliphatic heterocycles. The van der Waals surface area contributed by atoms with Gasteiger partial charge in [-0.25, -0.2) is 8.42 Å². The number of hydrogen-bond donors (Lipinski definition) is 1. The first-order valence-electron chi connectivity index (χ1n) is 6.00. The highest BCUT2D eigenvalue weighted by atomic mass is 32.2. The molecule has 0 aromatic carbocycles. The lowest BCUT2D eigenvalue weighted by atomic mass is 9.91. The first-order valence-corrected chi connectivity index (χ1v) is 7.44. The molecular formula is C11H16N2O4S. The lowest BCUT2D eigenvalue weighted by molar-refractivity contribution is -0.0765. The van der Waals surface area contributed by atoms with Crippen molar-refractivity contribution in [3.8, 4) is 0 Å². The monoisotopic (exact) mass is 272 g/mol. The zero-order valence-corrected chi connectivity index (χ0v) is 11.2. The van der Waals surface area contributed by atoms with Crippen molar-refractivity contribution in [3.05, 3.63) is 11.5 Å². The van der Waals surface area contributed by atoms with Crippen LogP contribution in [-0.4, -0.2) is 41.7 Å². The molecule has 3 rings (SSSR count). The summed E-state index contributed by atoms with van der Waals surface area (Å²) < 4.78 is 30.9. The maximum absolute atomic E-state index is 12.4. The average molecular weight is 272 g/mol. The van der Waals surface area contributed by atoms with Crippen LogP contribution in [0.1, 0.15) is 24.3 Å². The molecule has 1 saturated heterocycles. The van der Waals surface area contributed by atoms with Gasteiger partial charge in [0.15, 0.2) is 5.76 Å². The minimum absolute atomic E-state index is 0.139. The molecule has 1 N–H and O–H groups in total. The summed E-state index contributed by atoms with van der Waals surface area (Å²) in [6.07, 6.45) is 1.99. The average Bonchev–Trinajstić information content (AvgIpc) is 3.01. The molecule has 1 saturated carbocycles. The van der Waals surface area contributed by atoms with Crippen molar-refractivity contribution in [2.24, 2.45) is 5.92 Å². The standard InChI is InChI=1S/C11H16N2O4S/c1-7-10(8(2)17-12-7)18(15,16)13-5-11(14,6-13)9-3-4-9/h9,14H,3-6H2,1-2H3. The van der Waals surface area contributed by atoms with Crippen molar-refractivity contribution in [2.75, 3.05) is 13.1 Å². The molecule has 1 aliphatic carbocycles. The van der Waals surface area contributed by atoms with Crippen LogP contribution >= 0.6 is 0 Å². The topological polar surface area (TPSA) is 83.6 Å². The molecule has 100 valence electrons. The molecule has 0 spiro atoms. The molecule has 6 nitrogen and oxygen atoms in total. The summed E-state index contributed by atoms with van der Waals surface area (Å²) in [6.45, 7) is 3.56. The lowest BCUT2D eigenvalue weighted by Crippen LogP contribution is -2.64. The highest BCUT2D eigenvalue weighted by Crippen LogP contribution is 2.46. The van der Waals surface area contributed by atoms with Crippen LogP contribution in [0.4, 0.5) is 0 Å². The van der Waals surface area contributed by atoms with Crippen LogP contribution in [-0.2, 0) is 10.0 Å². The Morgan fingerprint density at radius 2 is 2.00 bits per heavy atom. The smallest absolute Gasteiger partial charge is 0.248 e. The number of aryl methyl sites for hydroxylation is 2. The third kappa shape index (κ3) is 1.61. The number of hydrogen-bond acceptors (Lipinski definition) is 5. The Balaban J connectivity index is 1.85. The molecule has 0 atom stereocenters. The van der Waals surface area contributed by atoms with Gasteiger partial charge in [-0.2, -0.15) is 4.31 Å². The van der Waals surface area contributed by atoms with E-state index in [4.69, 9.17) is 4.52 Å². The molecule has 0 bridgehead atoms. The van der Waals surface area contributed by atoms with Gasteiger partial charge in [0.2, 0.25) is 10.0 Å². The quantitative estimate of drug-likeness (QED) is 0.863. The molecule has 2 heterocycles. The molecule has 2 fully saturated rings. The summed E-state index contributed by atoms with van der Waals surface area (Å²) >= 11 is 0. The maximum Gasteiger partial charge on any atom is 0.248 e. The van der Waals surface area contributed by atoms with Crippen LogP contribution in [0.3, 0.4) is 0 Å². The normalized spacial score (nSPS) is 23.9. The molecule has 7 heteroatoms. The highest BCUT2D eigenvalue weighted by molar-refractivity contribution is 7.89. The fourth-order valence-electron chi connectivity index (χ4n) is 2.59. The SMILES string of the molecule is Cc1noc(C)c1S(=O)(=O)N1CC(O)(C2CC2)C1. The lowest BCUT2D eigenvalue weighted by Gasteiger charge is -2.45. The molecule has 1 aromatic heterocycles. The summed E-state index contributed by atoms with van der Waals surface area (Å²) in [5.74, 6) is 0.572. The van der Waals surface area contributed by atoms with E-state index in [1.54, 1.807) is 13.8 Å². The second-order valence-electron chi connectivity index (χ2n) is 5.30. The van der Waals surface area contributed by atoms with Gasteiger partial charge in [-0.15, -0.1) is 0 Å². The summed E-state index contributed by atoms with van der Waals surface area (Å²) in [5.41, 5.74) is -0.444. The van der Waals surface area contributed by atoms with E-state index in [0.717, 1.165) is 12.8 Å². The predicted molar refractivity (Wildman–Crippen MR) is 62.4 cm³/mol. The highest BCUT2D eigenvalue weighted by Gasteiger charge is 2.55. The van der Waals surface area contributed by atoms with Crippen LogP contribution in [0, 0.1) is 19.8 Å². The van der Waals surface area contributed by atoms with Crippen LogP contribution in [0.15, 0.2) is 9.42 Å². The Bertz CT molecular complexity index is 563. The van der Waals surface area contributed by atoms with E-state index < -0.39 is 15.6 Å². The van der Waals surface area contributed by atoms with E-state index in [-0.39, 0.29) is 23.9 Å².